The van der Waals surface area contributed by atoms with Crippen LogP contribution in [0.1, 0.15) is 32.6 Å². The molecule has 0 amide bonds. The lowest BCUT2D eigenvalue weighted by atomic mass is 10.0. The molecule has 2 aliphatic rings. The van der Waals surface area contributed by atoms with E-state index in [4.69, 9.17) is 0 Å². The summed E-state index contributed by atoms with van der Waals surface area (Å²) in [5.74, 6) is 5.12. The Bertz CT molecular complexity index is 180. The molecule has 2 aliphatic heterocycles. The van der Waals surface area contributed by atoms with Crippen LogP contribution in [0.4, 0.5) is 0 Å². The highest BCUT2D eigenvalue weighted by Crippen LogP contribution is 2.26. The highest BCUT2D eigenvalue weighted by atomic mass is 32.2. The summed E-state index contributed by atoms with van der Waals surface area (Å²) in [6.45, 7) is 3.66. The van der Waals surface area contributed by atoms with Crippen LogP contribution in [0.15, 0.2) is 0 Å². The highest BCUT2D eigenvalue weighted by Gasteiger charge is 2.22. The second kappa shape index (κ2) is 6.41. The zero-order chi connectivity index (χ0) is 10.5. The first-order valence-electron chi connectivity index (χ1n) is 6.29. The molecule has 1 N–H and O–H groups in total. The molecule has 2 rings (SSSR count). The van der Waals surface area contributed by atoms with Gasteiger partial charge in [0.25, 0.3) is 0 Å². The van der Waals surface area contributed by atoms with E-state index in [2.05, 4.69) is 35.8 Å². The summed E-state index contributed by atoms with van der Waals surface area (Å²) in [5.41, 5.74) is 0. The molecule has 2 saturated heterocycles. The van der Waals surface area contributed by atoms with Gasteiger partial charge in [-0.2, -0.15) is 23.5 Å². The van der Waals surface area contributed by atoms with Crippen molar-refractivity contribution in [1.29, 1.82) is 0 Å². The average molecular weight is 245 g/mol. The first kappa shape index (κ1) is 12.1. The molecule has 0 spiro atoms. The van der Waals surface area contributed by atoms with E-state index in [1.165, 1.54) is 49.5 Å². The van der Waals surface area contributed by atoms with E-state index < -0.39 is 0 Å². The maximum absolute atomic E-state index is 3.81. The van der Waals surface area contributed by atoms with Crippen LogP contribution in [0.3, 0.4) is 0 Å². The van der Waals surface area contributed by atoms with E-state index in [-0.39, 0.29) is 0 Å². The lowest BCUT2D eigenvalue weighted by molar-refractivity contribution is 0.386. The molecule has 2 fully saturated rings. The van der Waals surface area contributed by atoms with Crippen LogP contribution in [0.25, 0.3) is 0 Å². The Labute approximate surface area is 103 Å². The fourth-order valence-electron chi connectivity index (χ4n) is 2.46. The van der Waals surface area contributed by atoms with Crippen molar-refractivity contribution in [2.75, 3.05) is 23.8 Å². The third kappa shape index (κ3) is 3.86. The van der Waals surface area contributed by atoms with E-state index in [0.717, 1.165) is 17.2 Å². The Morgan fingerprint density at radius 1 is 1.13 bits per heavy atom. The number of rotatable bonds is 3. The second-order valence-corrected chi connectivity index (χ2v) is 7.50. The molecule has 2 atom stereocenters. The molecule has 2 heterocycles. The van der Waals surface area contributed by atoms with Crippen molar-refractivity contribution in [3.05, 3.63) is 0 Å². The van der Waals surface area contributed by atoms with Crippen molar-refractivity contribution < 1.29 is 0 Å². The van der Waals surface area contributed by atoms with Crippen molar-refractivity contribution >= 4 is 23.5 Å². The molecule has 0 aromatic carbocycles. The van der Waals surface area contributed by atoms with Gasteiger partial charge in [0, 0.05) is 11.3 Å². The summed E-state index contributed by atoms with van der Waals surface area (Å²) in [7, 11) is 0. The van der Waals surface area contributed by atoms with Gasteiger partial charge in [0.15, 0.2) is 0 Å². The van der Waals surface area contributed by atoms with Gasteiger partial charge in [-0.25, -0.2) is 0 Å². The predicted octanol–water partition coefficient (Wildman–Crippen LogP) is 3.00. The van der Waals surface area contributed by atoms with E-state index in [9.17, 15) is 0 Å². The molecule has 0 bridgehead atoms. The van der Waals surface area contributed by atoms with Crippen LogP contribution >= 0.6 is 23.5 Å². The van der Waals surface area contributed by atoms with Crippen molar-refractivity contribution in [2.45, 2.75) is 43.9 Å². The Hall–Kier alpha value is 0.660. The monoisotopic (exact) mass is 245 g/mol. The molecule has 88 valence electrons. The zero-order valence-corrected chi connectivity index (χ0v) is 11.3. The molecule has 2 unspecified atom stereocenters. The quantitative estimate of drug-likeness (QED) is 0.821. The van der Waals surface area contributed by atoms with Crippen LogP contribution in [-0.4, -0.2) is 35.1 Å². The van der Waals surface area contributed by atoms with E-state index >= 15 is 0 Å². The number of nitrogens with one attached hydrogen (secondary N) is 1. The van der Waals surface area contributed by atoms with Gasteiger partial charge < -0.3 is 5.32 Å². The van der Waals surface area contributed by atoms with Gasteiger partial charge in [-0.3, -0.25) is 0 Å². The van der Waals surface area contributed by atoms with Gasteiger partial charge in [0.05, 0.1) is 0 Å². The fraction of sp³-hybridized carbons (Fsp3) is 1.00. The standard InChI is InChI=1S/C12H23NS2/c1-10-12(3-2-6-15-10)13-9-11-4-7-14-8-5-11/h10-13H,2-9H2,1H3. The van der Waals surface area contributed by atoms with Crippen molar-refractivity contribution in [3.8, 4) is 0 Å². The van der Waals surface area contributed by atoms with Crippen molar-refractivity contribution in [3.63, 3.8) is 0 Å². The summed E-state index contributed by atoms with van der Waals surface area (Å²) < 4.78 is 0. The Balaban J connectivity index is 1.67. The van der Waals surface area contributed by atoms with Crippen molar-refractivity contribution in [2.24, 2.45) is 5.92 Å². The van der Waals surface area contributed by atoms with E-state index in [1.54, 1.807) is 0 Å². The van der Waals surface area contributed by atoms with Gasteiger partial charge in [0.1, 0.15) is 0 Å². The minimum Gasteiger partial charge on any atom is -0.313 e. The summed E-state index contributed by atoms with van der Waals surface area (Å²) in [5, 5.41) is 4.64. The van der Waals surface area contributed by atoms with Crippen molar-refractivity contribution in [1.82, 2.24) is 5.32 Å². The van der Waals surface area contributed by atoms with Crippen LogP contribution in [0, 0.1) is 5.92 Å². The lowest BCUT2D eigenvalue weighted by Crippen LogP contribution is -2.42. The molecule has 0 radical (unpaired) electrons. The third-order valence-electron chi connectivity index (χ3n) is 3.62. The number of hydrogen-bond acceptors (Lipinski definition) is 3. The maximum Gasteiger partial charge on any atom is 0.0184 e. The Morgan fingerprint density at radius 3 is 2.67 bits per heavy atom. The highest BCUT2D eigenvalue weighted by molar-refractivity contribution is 8.00. The third-order valence-corrected chi connectivity index (χ3v) is 6.04. The van der Waals surface area contributed by atoms with Gasteiger partial charge in [-0.05, 0) is 55.4 Å². The molecule has 3 heteroatoms. The summed E-state index contributed by atoms with van der Waals surface area (Å²) in [4.78, 5) is 0. The molecule has 15 heavy (non-hydrogen) atoms. The van der Waals surface area contributed by atoms with Gasteiger partial charge in [0.2, 0.25) is 0 Å². The number of thioether (sulfide) groups is 2. The van der Waals surface area contributed by atoms with E-state index in [1.807, 2.05) is 0 Å². The topological polar surface area (TPSA) is 12.0 Å². The van der Waals surface area contributed by atoms with E-state index in [0.29, 0.717) is 0 Å². The zero-order valence-electron chi connectivity index (χ0n) is 9.71. The summed E-state index contributed by atoms with van der Waals surface area (Å²) in [6, 6.07) is 0.790. The predicted molar refractivity (Wildman–Crippen MR) is 73.0 cm³/mol. The second-order valence-electron chi connectivity index (χ2n) is 4.79. The molecular formula is C12H23NS2. The Kier molecular flexibility index (Phi) is 5.18. The lowest BCUT2D eigenvalue weighted by Gasteiger charge is -2.31. The fourth-order valence-corrected chi connectivity index (χ4v) is 4.83. The normalized spacial score (nSPS) is 34.2. The van der Waals surface area contributed by atoms with Gasteiger partial charge >= 0.3 is 0 Å². The SMILES string of the molecule is CC1SCCCC1NCC1CCSCC1. The summed E-state index contributed by atoms with van der Waals surface area (Å²) in [6.07, 6.45) is 5.68. The van der Waals surface area contributed by atoms with Crippen LogP contribution in [0.2, 0.25) is 0 Å². The maximum atomic E-state index is 3.81. The first-order valence-corrected chi connectivity index (χ1v) is 8.49. The molecule has 1 nitrogen and oxygen atoms in total. The molecule has 0 aliphatic carbocycles. The molecular weight excluding hydrogens is 222 g/mol. The first-order chi connectivity index (χ1) is 7.36. The number of hydrogen-bond donors (Lipinski definition) is 1. The van der Waals surface area contributed by atoms with Gasteiger partial charge in [-0.1, -0.05) is 6.92 Å². The minimum absolute atomic E-state index is 0.790. The van der Waals surface area contributed by atoms with Crippen LogP contribution in [-0.2, 0) is 0 Å². The minimum atomic E-state index is 0.790. The molecule has 0 aromatic rings. The largest absolute Gasteiger partial charge is 0.313 e. The summed E-state index contributed by atoms with van der Waals surface area (Å²) >= 11 is 4.27. The van der Waals surface area contributed by atoms with Gasteiger partial charge in [-0.15, -0.1) is 0 Å². The molecule has 0 aromatic heterocycles. The molecule has 0 saturated carbocycles. The average Bonchev–Trinajstić information content (AvgIpc) is 2.29. The van der Waals surface area contributed by atoms with Crippen LogP contribution < -0.4 is 5.32 Å². The van der Waals surface area contributed by atoms with Crippen LogP contribution in [0.5, 0.6) is 0 Å². The smallest absolute Gasteiger partial charge is 0.0184 e. The Morgan fingerprint density at radius 2 is 1.93 bits per heavy atom.